The second kappa shape index (κ2) is 11.8. The van der Waals surface area contributed by atoms with Crippen LogP contribution >= 0.6 is 11.3 Å². The number of thiophene rings is 1. The fourth-order valence-electron chi connectivity index (χ4n) is 3.45. The first-order chi connectivity index (χ1) is 15.4. The Balaban J connectivity index is 1.51. The van der Waals surface area contributed by atoms with E-state index >= 15 is 0 Å². The predicted molar refractivity (Wildman–Crippen MR) is 125 cm³/mol. The van der Waals surface area contributed by atoms with E-state index in [1.807, 2.05) is 0 Å². The number of nitrogens with zero attached hydrogens (tertiary/aromatic N) is 1. The Morgan fingerprint density at radius 3 is 2.88 bits per heavy atom. The van der Waals surface area contributed by atoms with Gasteiger partial charge in [-0.1, -0.05) is 13.0 Å². The van der Waals surface area contributed by atoms with Crippen LogP contribution in [0.3, 0.4) is 0 Å². The summed E-state index contributed by atoms with van der Waals surface area (Å²) >= 11 is 1.19. The number of carbonyl (C=O) groups is 1. The van der Waals surface area contributed by atoms with Gasteiger partial charge in [0.1, 0.15) is 9.96 Å². The van der Waals surface area contributed by atoms with Crippen molar-refractivity contribution in [3.8, 4) is 5.75 Å². The maximum absolute atomic E-state index is 13.0. The molecule has 1 aliphatic rings. The Kier molecular flexibility index (Phi) is 9.06. The summed E-state index contributed by atoms with van der Waals surface area (Å²) in [6.45, 7) is 5.37. The number of sulfonamides is 1. The maximum Gasteiger partial charge on any atom is 0.252 e. The normalized spacial score (nSPS) is 16.9. The molecule has 1 amide bonds. The van der Waals surface area contributed by atoms with Gasteiger partial charge in [0.2, 0.25) is 0 Å². The number of rotatable bonds is 12. The molecule has 32 heavy (non-hydrogen) atoms. The van der Waals surface area contributed by atoms with Crippen LogP contribution in [0, 0.1) is 0 Å². The first kappa shape index (κ1) is 24.7. The highest BCUT2D eigenvalue weighted by atomic mass is 32.2. The van der Waals surface area contributed by atoms with Crippen LogP contribution in [0.15, 0.2) is 40.6 Å². The fourth-order valence-corrected chi connectivity index (χ4v) is 6.40. The smallest absolute Gasteiger partial charge is 0.252 e. The van der Waals surface area contributed by atoms with Gasteiger partial charge in [-0.25, -0.2) is 8.42 Å². The summed E-state index contributed by atoms with van der Waals surface area (Å²) in [6.07, 6.45) is 1.77. The molecule has 8 nitrogen and oxygen atoms in total. The summed E-state index contributed by atoms with van der Waals surface area (Å²) in [4.78, 5) is 13.2. The van der Waals surface area contributed by atoms with Gasteiger partial charge in [-0.2, -0.15) is 4.31 Å². The molecule has 0 bridgehead atoms. The molecule has 0 aliphatic carbocycles. The van der Waals surface area contributed by atoms with Gasteiger partial charge >= 0.3 is 0 Å². The van der Waals surface area contributed by atoms with E-state index in [9.17, 15) is 13.2 Å². The highest BCUT2D eigenvalue weighted by Crippen LogP contribution is 2.27. The highest BCUT2D eigenvalue weighted by molar-refractivity contribution is 7.91. The van der Waals surface area contributed by atoms with Gasteiger partial charge in [0, 0.05) is 42.7 Å². The molecule has 1 aliphatic heterocycles. The van der Waals surface area contributed by atoms with Crippen molar-refractivity contribution in [2.45, 2.75) is 36.6 Å². The lowest BCUT2D eigenvalue weighted by Gasteiger charge is -2.16. The lowest BCUT2D eigenvalue weighted by molar-refractivity contribution is 0.0951. The first-order valence-corrected chi connectivity index (χ1v) is 13.0. The van der Waals surface area contributed by atoms with Crippen molar-refractivity contribution in [3.05, 3.63) is 46.8 Å². The molecule has 3 rings (SSSR count). The van der Waals surface area contributed by atoms with Crippen LogP contribution < -0.4 is 15.4 Å². The molecular weight excluding hydrogens is 450 g/mol. The van der Waals surface area contributed by atoms with Crippen LogP contribution in [-0.2, 0) is 21.3 Å². The first-order valence-electron chi connectivity index (χ1n) is 10.8. The summed E-state index contributed by atoms with van der Waals surface area (Å²) in [5.41, 5.74) is 0.490. The number of methoxy groups -OCH3 is 1. The molecule has 0 spiro atoms. The molecule has 176 valence electrons. The number of hydrogen-bond donors (Lipinski definition) is 2. The number of ether oxygens (including phenoxy) is 2. The monoisotopic (exact) mass is 481 g/mol. The van der Waals surface area contributed by atoms with E-state index in [2.05, 4.69) is 17.6 Å². The van der Waals surface area contributed by atoms with Crippen molar-refractivity contribution in [2.24, 2.45) is 0 Å². The summed E-state index contributed by atoms with van der Waals surface area (Å²) in [6, 6.07) is 10.4. The molecule has 1 fully saturated rings. The number of hydrogen-bond acceptors (Lipinski definition) is 7. The summed E-state index contributed by atoms with van der Waals surface area (Å²) < 4.78 is 38.5. The molecule has 0 radical (unpaired) electrons. The molecule has 2 aromatic rings. The molecule has 0 saturated carbocycles. The summed E-state index contributed by atoms with van der Waals surface area (Å²) in [7, 11) is -1.99. The summed E-state index contributed by atoms with van der Waals surface area (Å²) in [5, 5.41) is 6.20. The Bertz CT molecular complexity index is 993. The van der Waals surface area contributed by atoms with Crippen LogP contribution in [0.2, 0.25) is 0 Å². The predicted octanol–water partition coefficient (Wildman–Crippen LogP) is 2.47. The molecule has 1 unspecified atom stereocenters. The third-order valence-electron chi connectivity index (χ3n) is 5.17. The molecule has 1 aromatic carbocycles. The zero-order valence-electron chi connectivity index (χ0n) is 18.5. The zero-order valence-corrected chi connectivity index (χ0v) is 20.1. The van der Waals surface area contributed by atoms with Crippen molar-refractivity contribution < 1.29 is 22.7 Å². The van der Waals surface area contributed by atoms with Crippen molar-refractivity contribution in [3.63, 3.8) is 0 Å². The van der Waals surface area contributed by atoms with Gasteiger partial charge < -0.3 is 20.1 Å². The largest absolute Gasteiger partial charge is 0.497 e. The lowest BCUT2D eigenvalue weighted by atomic mass is 10.2. The Morgan fingerprint density at radius 2 is 2.09 bits per heavy atom. The second-order valence-electron chi connectivity index (χ2n) is 7.55. The average molecular weight is 482 g/mol. The SMILES string of the molecule is CCCOCCNC1CCN(S(=O)(=O)c2ccc(CNC(=O)c3cccc(OC)c3)s2)C1. The van der Waals surface area contributed by atoms with Crippen molar-refractivity contribution >= 4 is 27.3 Å². The minimum atomic E-state index is -3.54. The molecule has 2 heterocycles. The fraction of sp³-hybridized carbons (Fsp3) is 0.500. The van der Waals surface area contributed by atoms with Gasteiger partial charge in [0.15, 0.2) is 0 Å². The van der Waals surface area contributed by atoms with Gasteiger partial charge in [-0.3, -0.25) is 4.79 Å². The minimum Gasteiger partial charge on any atom is -0.497 e. The number of nitrogens with one attached hydrogen (secondary N) is 2. The third-order valence-corrected chi connectivity index (χ3v) is 8.58. The lowest BCUT2D eigenvalue weighted by Crippen LogP contribution is -2.36. The Morgan fingerprint density at radius 1 is 1.25 bits per heavy atom. The van der Waals surface area contributed by atoms with Crippen LogP contribution in [0.4, 0.5) is 0 Å². The van der Waals surface area contributed by atoms with E-state index in [0.717, 1.165) is 24.3 Å². The van der Waals surface area contributed by atoms with E-state index in [-0.39, 0.29) is 18.5 Å². The van der Waals surface area contributed by atoms with Crippen LogP contribution in [0.25, 0.3) is 0 Å². The van der Waals surface area contributed by atoms with Gasteiger partial charge in [-0.05, 0) is 43.2 Å². The van der Waals surface area contributed by atoms with E-state index in [4.69, 9.17) is 9.47 Å². The number of carbonyl (C=O) groups excluding carboxylic acids is 1. The molecule has 2 N–H and O–H groups in total. The zero-order chi connectivity index (χ0) is 23.0. The van der Waals surface area contributed by atoms with Crippen LogP contribution in [0.5, 0.6) is 5.75 Å². The van der Waals surface area contributed by atoms with E-state index in [1.165, 1.54) is 15.6 Å². The van der Waals surface area contributed by atoms with E-state index in [1.54, 1.807) is 43.5 Å². The molecule has 1 aromatic heterocycles. The van der Waals surface area contributed by atoms with Gasteiger partial charge in [0.25, 0.3) is 15.9 Å². The van der Waals surface area contributed by atoms with Gasteiger partial charge in [-0.15, -0.1) is 11.3 Å². The van der Waals surface area contributed by atoms with Crippen molar-refractivity contribution in [2.75, 3.05) is 40.0 Å². The van der Waals surface area contributed by atoms with Crippen molar-refractivity contribution in [1.29, 1.82) is 0 Å². The van der Waals surface area contributed by atoms with Gasteiger partial charge in [0.05, 0.1) is 20.3 Å². The molecule has 1 atom stereocenters. The highest BCUT2D eigenvalue weighted by Gasteiger charge is 2.33. The van der Waals surface area contributed by atoms with E-state index < -0.39 is 10.0 Å². The second-order valence-corrected chi connectivity index (χ2v) is 10.9. The Hall–Kier alpha value is -1.98. The Labute approximate surface area is 194 Å². The average Bonchev–Trinajstić information content (AvgIpc) is 3.48. The summed E-state index contributed by atoms with van der Waals surface area (Å²) in [5.74, 6) is 0.368. The number of benzene rings is 1. The van der Waals surface area contributed by atoms with Crippen LogP contribution in [-0.4, -0.2) is 64.6 Å². The third kappa shape index (κ3) is 6.52. The molecule has 1 saturated heterocycles. The van der Waals surface area contributed by atoms with E-state index in [0.29, 0.717) is 41.8 Å². The quantitative estimate of drug-likeness (QED) is 0.452. The van der Waals surface area contributed by atoms with Crippen LogP contribution in [0.1, 0.15) is 35.0 Å². The minimum absolute atomic E-state index is 0.136. The maximum atomic E-state index is 13.0. The molecular formula is C22H31N3O5S2. The topological polar surface area (TPSA) is 97.0 Å². The standard InChI is InChI=1S/C22H31N3O5S2/c1-3-12-30-13-10-23-18-9-11-25(16-18)32(27,28)21-8-7-20(31-21)15-24-22(26)17-5-4-6-19(14-17)29-2/h4-8,14,18,23H,3,9-13,15-16H2,1-2H3,(H,24,26). The molecule has 10 heteroatoms. The van der Waals surface area contributed by atoms with Crippen molar-refractivity contribution in [1.82, 2.24) is 14.9 Å². The number of amides is 1.